The molecule has 114 valence electrons. The standard InChI is InChI=1S/C13H21NO6/c1-13(2,3)20-12(19)14-5-4-8(11(17)18)6-9(14)7-10(15)16/h8-9H,4-7H2,1-3H3,(H,15,16)(H,17,18)/t8-,9-/m0/s1. The van der Waals surface area contributed by atoms with Crippen molar-refractivity contribution in [2.75, 3.05) is 6.54 Å². The highest BCUT2D eigenvalue weighted by molar-refractivity contribution is 5.74. The van der Waals surface area contributed by atoms with Gasteiger partial charge in [-0.2, -0.15) is 0 Å². The number of carbonyl (C=O) groups excluding carboxylic acids is 1. The van der Waals surface area contributed by atoms with Crippen LogP contribution in [-0.4, -0.2) is 51.3 Å². The van der Waals surface area contributed by atoms with Crippen molar-refractivity contribution in [3.05, 3.63) is 0 Å². The molecular weight excluding hydrogens is 266 g/mol. The molecule has 0 aromatic carbocycles. The average molecular weight is 287 g/mol. The van der Waals surface area contributed by atoms with Gasteiger partial charge in [-0.05, 0) is 33.6 Å². The molecule has 0 saturated carbocycles. The Morgan fingerprint density at radius 2 is 1.85 bits per heavy atom. The van der Waals surface area contributed by atoms with E-state index < -0.39 is 35.6 Å². The van der Waals surface area contributed by atoms with Crippen LogP contribution in [0.2, 0.25) is 0 Å². The largest absolute Gasteiger partial charge is 0.481 e. The molecule has 1 fully saturated rings. The minimum atomic E-state index is -1.06. The van der Waals surface area contributed by atoms with Crippen molar-refractivity contribution in [1.82, 2.24) is 4.90 Å². The molecule has 7 heteroatoms. The molecule has 0 aromatic rings. The number of aliphatic carboxylic acids is 2. The van der Waals surface area contributed by atoms with Crippen molar-refractivity contribution in [1.29, 1.82) is 0 Å². The van der Waals surface area contributed by atoms with Crippen LogP contribution in [0.3, 0.4) is 0 Å². The number of rotatable bonds is 3. The molecule has 0 bridgehead atoms. The summed E-state index contributed by atoms with van der Waals surface area (Å²) >= 11 is 0. The van der Waals surface area contributed by atoms with Crippen LogP contribution in [0.1, 0.15) is 40.0 Å². The molecule has 1 rings (SSSR count). The molecule has 0 aliphatic carbocycles. The fraction of sp³-hybridized carbons (Fsp3) is 0.769. The number of amides is 1. The van der Waals surface area contributed by atoms with Gasteiger partial charge in [0.05, 0.1) is 12.3 Å². The van der Waals surface area contributed by atoms with E-state index in [0.717, 1.165) is 0 Å². The minimum absolute atomic E-state index is 0.140. The Bertz CT molecular complexity index is 400. The zero-order valence-corrected chi connectivity index (χ0v) is 12.0. The lowest BCUT2D eigenvalue weighted by Gasteiger charge is -2.38. The van der Waals surface area contributed by atoms with Crippen LogP contribution in [0, 0.1) is 5.92 Å². The molecular formula is C13H21NO6. The van der Waals surface area contributed by atoms with Gasteiger partial charge in [0.25, 0.3) is 0 Å². The summed E-state index contributed by atoms with van der Waals surface area (Å²) in [4.78, 5) is 35.3. The summed E-state index contributed by atoms with van der Waals surface area (Å²) in [5.41, 5.74) is -0.672. The van der Waals surface area contributed by atoms with Crippen molar-refractivity contribution in [3.8, 4) is 0 Å². The van der Waals surface area contributed by atoms with Gasteiger partial charge in [-0.15, -0.1) is 0 Å². The molecule has 0 aromatic heterocycles. The Kier molecular flexibility index (Phi) is 4.97. The predicted octanol–water partition coefficient (Wildman–Crippen LogP) is 1.56. The third kappa shape index (κ3) is 4.71. The van der Waals surface area contributed by atoms with Crippen molar-refractivity contribution >= 4 is 18.0 Å². The third-order valence-corrected chi connectivity index (χ3v) is 3.10. The average Bonchev–Trinajstić information content (AvgIpc) is 2.25. The second-order valence-electron chi connectivity index (χ2n) is 5.98. The number of ether oxygens (including phenoxy) is 1. The first-order valence-electron chi connectivity index (χ1n) is 6.54. The van der Waals surface area contributed by atoms with E-state index in [4.69, 9.17) is 14.9 Å². The van der Waals surface area contributed by atoms with E-state index in [0.29, 0.717) is 6.42 Å². The van der Waals surface area contributed by atoms with E-state index in [-0.39, 0.29) is 19.4 Å². The van der Waals surface area contributed by atoms with E-state index in [9.17, 15) is 14.4 Å². The van der Waals surface area contributed by atoms with E-state index >= 15 is 0 Å². The van der Waals surface area contributed by atoms with Gasteiger partial charge < -0.3 is 19.8 Å². The number of likely N-dealkylation sites (tertiary alicyclic amines) is 1. The number of nitrogens with zero attached hydrogens (tertiary/aromatic N) is 1. The molecule has 0 unspecified atom stereocenters. The number of carboxylic acids is 2. The van der Waals surface area contributed by atoms with Gasteiger partial charge in [-0.3, -0.25) is 9.59 Å². The van der Waals surface area contributed by atoms with Crippen molar-refractivity contribution in [3.63, 3.8) is 0 Å². The number of carboxylic acid groups (broad SMARTS) is 2. The minimum Gasteiger partial charge on any atom is -0.481 e. The van der Waals surface area contributed by atoms with Crippen LogP contribution < -0.4 is 0 Å². The van der Waals surface area contributed by atoms with Crippen LogP contribution in [0.4, 0.5) is 4.79 Å². The van der Waals surface area contributed by atoms with Crippen LogP contribution in [0.5, 0.6) is 0 Å². The van der Waals surface area contributed by atoms with Gasteiger partial charge >= 0.3 is 18.0 Å². The summed E-state index contributed by atoms with van der Waals surface area (Å²) in [5.74, 6) is -2.63. The summed E-state index contributed by atoms with van der Waals surface area (Å²) in [6, 6.07) is -0.641. The Labute approximate surface area is 117 Å². The second kappa shape index (κ2) is 6.11. The van der Waals surface area contributed by atoms with Gasteiger partial charge in [-0.1, -0.05) is 0 Å². The molecule has 20 heavy (non-hydrogen) atoms. The van der Waals surface area contributed by atoms with Crippen LogP contribution >= 0.6 is 0 Å². The third-order valence-electron chi connectivity index (χ3n) is 3.10. The lowest BCUT2D eigenvalue weighted by atomic mass is 9.89. The van der Waals surface area contributed by atoms with Gasteiger partial charge in [0.1, 0.15) is 5.60 Å². The van der Waals surface area contributed by atoms with E-state index in [1.54, 1.807) is 20.8 Å². The van der Waals surface area contributed by atoms with Gasteiger partial charge in [0, 0.05) is 12.6 Å². The maximum absolute atomic E-state index is 12.0. The number of hydrogen-bond acceptors (Lipinski definition) is 4. The highest BCUT2D eigenvalue weighted by Crippen LogP contribution is 2.27. The molecule has 1 amide bonds. The fourth-order valence-corrected chi connectivity index (χ4v) is 2.23. The zero-order chi connectivity index (χ0) is 15.5. The van der Waals surface area contributed by atoms with Crippen LogP contribution in [0.15, 0.2) is 0 Å². The van der Waals surface area contributed by atoms with E-state index in [1.807, 2.05) is 0 Å². The zero-order valence-electron chi connectivity index (χ0n) is 12.0. The molecule has 2 atom stereocenters. The SMILES string of the molecule is CC(C)(C)OC(=O)N1CC[C@H](C(=O)O)C[C@H]1CC(=O)O. The quantitative estimate of drug-likeness (QED) is 0.816. The normalized spacial score (nSPS) is 23.2. The molecule has 0 spiro atoms. The van der Waals surface area contributed by atoms with Gasteiger partial charge in [0.15, 0.2) is 0 Å². The number of carbonyl (C=O) groups is 3. The Hall–Kier alpha value is -1.79. The van der Waals surface area contributed by atoms with E-state index in [1.165, 1.54) is 4.90 Å². The maximum atomic E-state index is 12.0. The summed E-state index contributed by atoms with van der Waals surface area (Å²) in [7, 11) is 0. The molecule has 1 aliphatic rings. The summed E-state index contributed by atoms with van der Waals surface area (Å²) < 4.78 is 5.23. The molecule has 1 saturated heterocycles. The van der Waals surface area contributed by atoms with E-state index in [2.05, 4.69) is 0 Å². The van der Waals surface area contributed by atoms with Crippen LogP contribution in [0.25, 0.3) is 0 Å². The number of piperidine rings is 1. The Balaban J connectivity index is 2.79. The monoisotopic (exact) mass is 287 g/mol. The second-order valence-corrected chi connectivity index (χ2v) is 5.98. The lowest BCUT2D eigenvalue weighted by Crippen LogP contribution is -2.49. The molecule has 0 radical (unpaired) electrons. The topological polar surface area (TPSA) is 104 Å². The van der Waals surface area contributed by atoms with Crippen molar-refractivity contribution in [2.45, 2.75) is 51.7 Å². The summed E-state index contributed by atoms with van der Waals surface area (Å²) in [6.45, 7) is 5.37. The highest BCUT2D eigenvalue weighted by atomic mass is 16.6. The first-order valence-corrected chi connectivity index (χ1v) is 6.54. The predicted molar refractivity (Wildman–Crippen MR) is 69.3 cm³/mol. The molecule has 7 nitrogen and oxygen atoms in total. The van der Waals surface area contributed by atoms with Crippen LogP contribution in [-0.2, 0) is 14.3 Å². The number of hydrogen-bond donors (Lipinski definition) is 2. The molecule has 1 heterocycles. The summed E-state index contributed by atoms with van der Waals surface area (Å²) in [6.07, 6.45) is -0.415. The van der Waals surface area contributed by atoms with Crippen molar-refractivity contribution in [2.24, 2.45) is 5.92 Å². The first kappa shape index (κ1) is 16.3. The highest BCUT2D eigenvalue weighted by Gasteiger charge is 2.37. The Morgan fingerprint density at radius 1 is 1.25 bits per heavy atom. The first-order chi connectivity index (χ1) is 9.10. The smallest absolute Gasteiger partial charge is 0.410 e. The molecule has 2 N–H and O–H groups in total. The van der Waals surface area contributed by atoms with Crippen molar-refractivity contribution < 1.29 is 29.3 Å². The lowest BCUT2D eigenvalue weighted by molar-refractivity contribution is -0.146. The maximum Gasteiger partial charge on any atom is 0.410 e. The molecule has 1 aliphatic heterocycles. The van der Waals surface area contributed by atoms with Gasteiger partial charge in [-0.25, -0.2) is 4.79 Å². The summed E-state index contributed by atoms with van der Waals surface area (Å²) in [5, 5.41) is 17.9. The Morgan fingerprint density at radius 3 is 2.30 bits per heavy atom. The van der Waals surface area contributed by atoms with Gasteiger partial charge in [0.2, 0.25) is 0 Å². The fourth-order valence-electron chi connectivity index (χ4n) is 2.23.